The predicted octanol–water partition coefficient (Wildman–Crippen LogP) is 0.0823. The number of rotatable bonds is 3. The van der Waals surface area contributed by atoms with E-state index >= 15 is 0 Å². The first kappa shape index (κ1) is 10.2. The van der Waals surface area contributed by atoms with Gasteiger partial charge in [0, 0.05) is 13.1 Å². The lowest BCUT2D eigenvalue weighted by Gasteiger charge is -2.32. The summed E-state index contributed by atoms with van der Waals surface area (Å²) in [6.45, 7) is 4.75. The third-order valence-electron chi connectivity index (χ3n) is 2.37. The predicted molar refractivity (Wildman–Crippen MR) is 48.4 cm³/mol. The number of aliphatic hydroxyl groups excluding tert-OH is 1. The van der Waals surface area contributed by atoms with E-state index in [2.05, 4.69) is 6.58 Å². The number of carboxylic acids is 1. The first-order chi connectivity index (χ1) is 6.15. The molecule has 2 N–H and O–H groups in total. The van der Waals surface area contributed by atoms with Gasteiger partial charge in [-0.3, -0.25) is 9.69 Å². The minimum Gasteiger partial charge on any atom is -0.480 e. The van der Waals surface area contributed by atoms with Crippen LogP contribution in [0.2, 0.25) is 0 Å². The Morgan fingerprint density at radius 2 is 2.08 bits per heavy atom. The monoisotopic (exact) mass is 185 g/mol. The molecule has 1 fully saturated rings. The van der Waals surface area contributed by atoms with E-state index in [1.54, 1.807) is 0 Å². The fourth-order valence-electron chi connectivity index (χ4n) is 1.57. The number of piperidine rings is 1. The third kappa shape index (κ3) is 2.54. The van der Waals surface area contributed by atoms with Crippen molar-refractivity contribution in [1.82, 2.24) is 4.90 Å². The molecule has 74 valence electrons. The highest BCUT2D eigenvalue weighted by Crippen LogP contribution is 2.13. The first-order valence-corrected chi connectivity index (χ1v) is 4.42. The van der Waals surface area contributed by atoms with Gasteiger partial charge in [0.05, 0.1) is 6.10 Å². The second-order valence-electron chi connectivity index (χ2n) is 3.29. The Morgan fingerprint density at radius 3 is 2.46 bits per heavy atom. The molecular weight excluding hydrogens is 170 g/mol. The normalized spacial score (nSPS) is 22.5. The third-order valence-corrected chi connectivity index (χ3v) is 2.37. The van der Waals surface area contributed by atoms with E-state index in [1.807, 2.05) is 4.90 Å². The summed E-state index contributed by atoms with van der Waals surface area (Å²) in [5.41, 5.74) is 0. The van der Waals surface area contributed by atoms with Crippen molar-refractivity contribution in [1.29, 1.82) is 0 Å². The zero-order valence-corrected chi connectivity index (χ0v) is 7.52. The van der Waals surface area contributed by atoms with Crippen molar-refractivity contribution in [3.8, 4) is 0 Å². The van der Waals surface area contributed by atoms with Crippen LogP contribution in [-0.2, 0) is 4.79 Å². The summed E-state index contributed by atoms with van der Waals surface area (Å²) in [5.74, 6) is -0.869. The van der Waals surface area contributed by atoms with Gasteiger partial charge < -0.3 is 10.2 Å². The fourth-order valence-corrected chi connectivity index (χ4v) is 1.57. The average molecular weight is 185 g/mol. The summed E-state index contributed by atoms with van der Waals surface area (Å²) >= 11 is 0. The molecule has 4 heteroatoms. The summed E-state index contributed by atoms with van der Waals surface area (Å²) in [6.07, 6.45) is 2.46. The van der Waals surface area contributed by atoms with Gasteiger partial charge >= 0.3 is 5.97 Å². The number of carbonyl (C=O) groups is 1. The Labute approximate surface area is 77.5 Å². The largest absolute Gasteiger partial charge is 0.480 e. The molecule has 1 aliphatic heterocycles. The van der Waals surface area contributed by atoms with Gasteiger partial charge in [-0.2, -0.15) is 0 Å². The molecule has 0 aliphatic carbocycles. The quantitative estimate of drug-likeness (QED) is 0.611. The summed E-state index contributed by atoms with van der Waals surface area (Å²) in [4.78, 5) is 12.6. The Morgan fingerprint density at radius 1 is 1.54 bits per heavy atom. The van der Waals surface area contributed by atoms with Gasteiger partial charge in [0.1, 0.15) is 6.04 Å². The number of hydrogen-bond acceptors (Lipinski definition) is 3. The molecule has 1 rings (SSSR count). The zero-order valence-electron chi connectivity index (χ0n) is 7.52. The lowest BCUT2D eigenvalue weighted by atomic mass is 10.1. The van der Waals surface area contributed by atoms with Crippen LogP contribution in [0, 0.1) is 0 Å². The van der Waals surface area contributed by atoms with Gasteiger partial charge in [-0.15, -0.1) is 6.58 Å². The van der Waals surface area contributed by atoms with Crippen LogP contribution in [0.5, 0.6) is 0 Å². The van der Waals surface area contributed by atoms with Crippen LogP contribution >= 0.6 is 0 Å². The number of aliphatic hydroxyl groups is 1. The van der Waals surface area contributed by atoms with E-state index in [9.17, 15) is 9.90 Å². The first-order valence-electron chi connectivity index (χ1n) is 4.42. The van der Waals surface area contributed by atoms with Crippen LogP contribution in [0.3, 0.4) is 0 Å². The summed E-state index contributed by atoms with van der Waals surface area (Å²) in [5, 5.41) is 18.0. The second kappa shape index (κ2) is 4.39. The van der Waals surface area contributed by atoms with E-state index < -0.39 is 12.0 Å². The molecule has 1 atom stereocenters. The maximum absolute atomic E-state index is 10.7. The van der Waals surface area contributed by atoms with Crippen molar-refractivity contribution in [3.05, 3.63) is 12.7 Å². The molecule has 0 aromatic heterocycles. The maximum Gasteiger partial charge on any atom is 0.324 e. The average Bonchev–Trinajstić information content (AvgIpc) is 2.09. The van der Waals surface area contributed by atoms with Gasteiger partial charge in [-0.25, -0.2) is 0 Å². The summed E-state index contributed by atoms with van der Waals surface area (Å²) in [6, 6.07) is -0.604. The van der Waals surface area contributed by atoms with Crippen LogP contribution in [-0.4, -0.2) is 46.3 Å². The molecule has 4 nitrogen and oxygen atoms in total. The molecule has 1 unspecified atom stereocenters. The topological polar surface area (TPSA) is 60.8 Å². The number of carboxylic acid groups (broad SMARTS) is 1. The molecule has 1 heterocycles. The fraction of sp³-hybridized carbons (Fsp3) is 0.667. The van der Waals surface area contributed by atoms with E-state index in [0.717, 1.165) is 0 Å². The van der Waals surface area contributed by atoms with Crippen molar-refractivity contribution in [2.45, 2.75) is 25.0 Å². The van der Waals surface area contributed by atoms with Crippen LogP contribution in [0.1, 0.15) is 12.8 Å². The zero-order chi connectivity index (χ0) is 9.84. The number of likely N-dealkylation sites (tertiary alicyclic amines) is 1. The molecule has 1 aliphatic rings. The number of nitrogens with zero attached hydrogens (tertiary/aromatic N) is 1. The summed E-state index contributed by atoms with van der Waals surface area (Å²) < 4.78 is 0. The van der Waals surface area contributed by atoms with E-state index in [-0.39, 0.29) is 6.10 Å². The van der Waals surface area contributed by atoms with Crippen molar-refractivity contribution in [2.24, 2.45) is 0 Å². The molecule has 1 saturated heterocycles. The van der Waals surface area contributed by atoms with Crippen LogP contribution in [0.25, 0.3) is 0 Å². The minimum atomic E-state index is -0.869. The Bertz CT molecular complexity index is 197. The molecule has 0 bridgehead atoms. The number of aliphatic carboxylic acids is 1. The van der Waals surface area contributed by atoms with Gasteiger partial charge in [0.2, 0.25) is 0 Å². The Kier molecular flexibility index (Phi) is 3.45. The molecule has 0 aromatic rings. The Hall–Kier alpha value is -0.870. The minimum absolute atomic E-state index is 0.268. The highest BCUT2D eigenvalue weighted by Gasteiger charge is 2.26. The number of hydrogen-bond donors (Lipinski definition) is 2. The molecule has 0 aromatic carbocycles. The van der Waals surface area contributed by atoms with Gasteiger partial charge in [0.15, 0.2) is 0 Å². The van der Waals surface area contributed by atoms with E-state index in [0.29, 0.717) is 25.9 Å². The van der Waals surface area contributed by atoms with Crippen LogP contribution in [0.15, 0.2) is 12.7 Å². The molecule has 0 saturated carbocycles. The smallest absolute Gasteiger partial charge is 0.324 e. The standard InChI is InChI=1S/C9H15NO3/c1-2-8(9(12)13)10-5-3-7(11)4-6-10/h2,7-8,11H,1,3-6H2,(H,12,13). The van der Waals surface area contributed by atoms with Crippen LogP contribution in [0.4, 0.5) is 0 Å². The molecular formula is C9H15NO3. The van der Waals surface area contributed by atoms with E-state index in [4.69, 9.17) is 5.11 Å². The molecule has 0 radical (unpaired) electrons. The molecule has 0 spiro atoms. The maximum atomic E-state index is 10.7. The lowest BCUT2D eigenvalue weighted by Crippen LogP contribution is -2.45. The lowest BCUT2D eigenvalue weighted by molar-refractivity contribution is -0.142. The van der Waals surface area contributed by atoms with E-state index in [1.165, 1.54) is 6.08 Å². The van der Waals surface area contributed by atoms with Crippen molar-refractivity contribution >= 4 is 5.97 Å². The van der Waals surface area contributed by atoms with Crippen molar-refractivity contribution in [3.63, 3.8) is 0 Å². The highest BCUT2D eigenvalue weighted by atomic mass is 16.4. The molecule has 13 heavy (non-hydrogen) atoms. The Balaban J connectivity index is 2.51. The van der Waals surface area contributed by atoms with Gasteiger partial charge in [0.25, 0.3) is 0 Å². The summed E-state index contributed by atoms with van der Waals surface area (Å²) in [7, 11) is 0. The molecule has 0 amide bonds. The van der Waals surface area contributed by atoms with Gasteiger partial charge in [-0.05, 0) is 12.8 Å². The van der Waals surface area contributed by atoms with Crippen LogP contribution < -0.4 is 0 Å². The SMILES string of the molecule is C=CC(C(=O)O)N1CCC(O)CC1. The second-order valence-corrected chi connectivity index (χ2v) is 3.29. The van der Waals surface area contributed by atoms with Crippen molar-refractivity contribution < 1.29 is 15.0 Å². The highest BCUT2D eigenvalue weighted by molar-refractivity contribution is 5.75. The van der Waals surface area contributed by atoms with Crippen molar-refractivity contribution in [2.75, 3.05) is 13.1 Å². The van der Waals surface area contributed by atoms with Gasteiger partial charge in [-0.1, -0.05) is 6.08 Å².